The maximum absolute atomic E-state index is 8.20. The van der Waals surface area contributed by atoms with E-state index in [2.05, 4.69) is 4.90 Å². The minimum Gasteiger partial charge on any atom is -0.371 e. The van der Waals surface area contributed by atoms with Gasteiger partial charge < -0.3 is 14.7 Å². The average molecular weight is 133 g/mol. The SMILES string of the molecule is CN(C)CCCOCO. The van der Waals surface area contributed by atoms with Gasteiger partial charge in [0.15, 0.2) is 0 Å². The van der Waals surface area contributed by atoms with Gasteiger partial charge in [-0.1, -0.05) is 0 Å². The Labute approximate surface area is 56.2 Å². The first-order valence-electron chi connectivity index (χ1n) is 3.10. The molecule has 0 aliphatic carbocycles. The van der Waals surface area contributed by atoms with Crippen LogP contribution in [0.25, 0.3) is 0 Å². The summed E-state index contributed by atoms with van der Waals surface area (Å²) in [6.45, 7) is 1.50. The Morgan fingerprint density at radius 1 is 1.44 bits per heavy atom. The molecule has 0 aliphatic rings. The van der Waals surface area contributed by atoms with Crippen LogP contribution in [0.1, 0.15) is 6.42 Å². The molecular weight excluding hydrogens is 118 g/mol. The summed E-state index contributed by atoms with van der Waals surface area (Å²) in [6.07, 6.45) is 0.980. The summed E-state index contributed by atoms with van der Waals surface area (Å²) in [5.41, 5.74) is 0. The highest BCUT2D eigenvalue weighted by Crippen LogP contribution is 1.83. The molecule has 0 heterocycles. The molecule has 0 bridgehead atoms. The van der Waals surface area contributed by atoms with Gasteiger partial charge in [0, 0.05) is 0 Å². The average Bonchev–Trinajstić information content (AvgIpc) is 1.80. The topological polar surface area (TPSA) is 32.7 Å². The van der Waals surface area contributed by atoms with Crippen LogP contribution < -0.4 is 0 Å². The number of aliphatic hydroxyl groups is 1. The highest BCUT2D eigenvalue weighted by molar-refractivity contribution is 4.40. The van der Waals surface area contributed by atoms with Gasteiger partial charge in [-0.25, -0.2) is 0 Å². The van der Waals surface area contributed by atoms with Crippen molar-refractivity contribution in [2.75, 3.05) is 34.0 Å². The number of hydrogen-bond donors (Lipinski definition) is 1. The molecule has 0 aromatic rings. The molecule has 0 amide bonds. The van der Waals surface area contributed by atoms with Gasteiger partial charge in [0.2, 0.25) is 0 Å². The van der Waals surface area contributed by atoms with Gasteiger partial charge in [0.05, 0.1) is 6.61 Å². The number of hydrogen-bond acceptors (Lipinski definition) is 3. The lowest BCUT2D eigenvalue weighted by atomic mass is 10.4. The largest absolute Gasteiger partial charge is 0.371 e. The smallest absolute Gasteiger partial charge is 0.143 e. The monoisotopic (exact) mass is 133 g/mol. The van der Waals surface area contributed by atoms with Crippen molar-refractivity contribution in [3.05, 3.63) is 0 Å². The molecule has 56 valence electrons. The second-order valence-corrected chi connectivity index (χ2v) is 2.19. The van der Waals surface area contributed by atoms with E-state index in [4.69, 9.17) is 9.84 Å². The van der Waals surface area contributed by atoms with Crippen LogP contribution in [-0.4, -0.2) is 44.0 Å². The van der Waals surface area contributed by atoms with Crippen molar-refractivity contribution < 1.29 is 9.84 Å². The fourth-order valence-corrected chi connectivity index (χ4v) is 0.547. The van der Waals surface area contributed by atoms with Crippen LogP contribution in [0.4, 0.5) is 0 Å². The Hall–Kier alpha value is -0.120. The molecule has 0 saturated carbocycles. The minimum absolute atomic E-state index is 0.159. The van der Waals surface area contributed by atoms with E-state index in [-0.39, 0.29) is 6.79 Å². The maximum atomic E-state index is 8.20. The molecule has 9 heavy (non-hydrogen) atoms. The molecule has 0 saturated heterocycles. The third-order valence-electron chi connectivity index (χ3n) is 0.985. The van der Waals surface area contributed by atoms with Crippen LogP contribution >= 0.6 is 0 Å². The van der Waals surface area contributed by atoms with Crippen molar-refractivity contribution in [1.82, 2.24) is 4.90 Å². The van der Waals surface area contributed by atoms with Crippen LogP contribution in [0, 0.1) is 0 Å². The van der Waals surface area contributed by atoms with E-state index in [0.717, 1.165) is 13.0 Å². The quantitative estimate of drug-likeness (QED) is 0.420. The van der Waals surface area contributed by atoms with Crippen molar-refractivity contribution in [2.24, 2.45) is 0 Å². The summed E-state index contributed by atoms with van der Waals surface area (Å²) in [4.78, 5) is 2.08. The summed E-state index contributed by atoms with van der Waals surface area (Å²) < 4.78 is 4.71. The first-order chi connectivity index (χ1) is 4.27. The van der Waals surface area contributed by atoms with E-state index in [1.54, 1.807) is 0 Å². The van der Waals surface area contributed by atoms with Gasteiger partial charge >= 0.3 is 0 Å². The van der Waals surface area contributed by atoms with E-state index in [1.807, 2.05) is 14.1 Å². The molecule has 0 atom stereocenters. The van der Waals surface area contributed by atoms with Crippen LogP contribution in [0.15, 0.2) is 0 Å². The van der Waals surface area contributed by atoms with Crippen molar-refractivity contribution in [1.29, 1.82) is 0 Å². The molecule has 0 aromatic heterocycles. The Kier molecular flexibility index (Phi) is 5.93. The van der Waals surface area contributed by atoms with Crippen LogP contribution in [0.2, 0.25) is 0 Å². The molecular formula is C6H15NO2. The molecule has 0 radical (unpaired) electrons. The van der Waals surface area contributed by atoms with E-state index in [1.165, 1.54) is 0 Å². The number of aliphatic hydroxyl groups excluding tert-OH is 1. The lowest BCUT2D eigenvalue weighted by Gasteiger charge is -2.07. The summed E-state index contributed by atoms with van der Waals surface area (Å²) in [5, 5.41) is 8.20. The first kappa shape index (κ1) is 8.88. The van der Waals surface area contributed by atoms with Gasteiger partial charge in [-0.2, -0.15) is 0 Å². The maximum Gasteiger partial charge on any atom is 0.143 e. The summed E-state index contributed by atoms with van der Waals surface area (Å²) >= 11 is 0. The molecule has 0 rings (SSSR count). The Morgan fingerprint density at radius 2 is 2.11 bits per heavy atom. The number of nitrogens with zero attached hydrogens (tertiary/aromatic N) is 1. The fraction of sp³-hybridized carbons (Fsp3) is 1.00. The molecule has 3 heteroatoms. The molecule has 0 fully saturated rings. The van der Waals surface area contributed by atoms with Crippen LogP contribution in [0.3, 0.4) is 0 Å². The normalized spacial score (nSPS) is 10.7. The van der Waals surface area contributed by atoms with Crippen LogP contribution in [-0.2, 0) is 4.74 Å². The Morgan fingerprint density at radius 3 is 2.56 bits per heavy atom. The lowest BCUT2D eigenvalue weighted by molar-refractivity contribution is -0.00369. The van der Waals surface area contributed by atoms with Crippen molar-refractivity contribution in [3.63, 3.8) is 0 Å². The zero-order valence-electron chi connectivity index (χ0n) is 6.13. The van der Waals surface area contributed by atoms with Gasteiger partial charge in [0.1, 0.15) is 6.79 Å². The third kappa shape index (κ3) is 7.88. The second kappa shape index (κ2) is 6.01. The predicted molar refractivity (Wildman–Crippen MR) is 36.2 cm³/mol. The minimum atomic E-state index is -0.159. The molecule has 0 spiro atoms. The molecule has 3 nitrogen and oxygen atoms in total. The van der Waals surface area contributed by atoms with Gasteiger partial charge in [-0.15, -0.1) is 0 Å². The zero-order valence-corrected chi connectivity index (χ0v) is 6.13. The van der Waals surface area contributed by atoms with E-state index < -0.39 is 0 Å². The Bertz CT molecular complexity index is 57.0. The van der Waals surface area contributed by atoms with E-state index in [9.17, 15) is 0 Å². The zero-order chi connectivity index (χ0) is 7.11. The highest BCUT2D eigenvalue weighted by atomic mass is 16.6. The van der Waals surface area contributed by atoms with Gasteiger partial charge in [-0.3, -0.25) is 0 Å². The summed E-state index contributed by atoms with van der Waals surface area (Å²) in [5.74, 6) is 0. The van der Waals surface area contributed by atoms with Crippen molar-refractivity contribution in [2.45, 2.75) is 6.42 Å². The second-order valence-electron chi connectivity index (χ2n) is 2.19. The summed E-state index contributed by atoms with van der Waals surface area (Å²) in [7, 11) is 4.03. The Balaban J connectivity index is 2.75. The molecule has 0 aliphatic heterocycles. The summed E-state index contributed by atoms with van der Waals surface area (Å²) in [6, 6.07) is 0. The molecule has 0 unspecified atom stereocenters. The molecule has 1 N–H and O–H groups in total. The third-order valence-corrected chi connectivity index (χ3v) is 0.985. The number of ether oxygens (including phenoxy) is 1. The van der Waals surface area contributed by atoms with Crippen molar-refractivity contribution in [3.8, 4) is 0 Å². The standard InChI is InChI=1S/C6H15NO2/c1-7(2)4-3-5-9-6-8/h8H,3-6H2,1-2H3. The highest BCUT2D eigenvalue weighted by Gasteiger charge is 1.88. The fourth-order valence-electron chi connectivity index (χ4n) is 0.547. The van der Waals surface area contributed by atoms with Crippen LogP contribution in [0.5, 0.6) is 0 Å². The first-order valence-corrected chi connectivity index (χ1v) is 3.10. The van der Waals surface area contributed by atoms with E-state index in [0.29, 0.717) is 6.61 Å². The van der Waals surface area contributed by atoms with Gasteiger partial charge in [-0.05, 0) is 27.1 Å². The number of rotatable bonds is 5. The van der Waals surface area contributed by atoms with Crippen molar-refractivity contribution >= 4 is 0 Å². The lowest BCUT2D eigenvalue weighted by Crippen LogP contribution is -2.14. The van der Waals surface area contributed by atoms with E-state index >= 15 is 0 Å². The predicted octanol–water partition coefficient (Wildman–Crippen LogP) is -0.0955. The molecule has 0 aromatic carbocycles. The van der Waals surface area contributed by atoms with Gasteiger partial charge in [0.25, 0.3) is 0 Å².